The Morgan fingerprint density at radius 2 is 1.20 bits per heavy atom. The fourth-order valence-electron chi connectivity index (χ4n) is 5.88. The van der Waals surface area contributed by atoms with Crippen LogP contribution < -0.4 is 20.4 Å². The van der Waals surface area contributed by atoms with Gasteiger partial charge in [0.2, 0.25) is 0 Å². The van der Waals surface area contributed by atoms with Gasteiger partial charge >= 0.3 is 0 Å². The standard InChI is InChI=1S/2C16H21N3S/c2*1-12-9-16-14(18-10-12)4-7-19(16)15(3-6-17-2)13-5-8-20-11-13/h2*5,8-11,15,17H,3-4,6-7H2,1-2H3/t2*15-/m10/s1. The van der Waals surface area contributed by atoms with Crippen LogP contribution in [0.3, 0.4) is 0 Å². The van der Waals surface area contributed by atoms with Crippen LogP contribution in [0.1, 0.15) is 58.6 Å². The average molecular weight is 575 g/mol. The molecule has 0 aromatic carbocycles. The zero-order chi connectivity index (χ0) is 27.9. The predicted octanol–water partition coefficient (Wildman–Crippen LogP) is 6.33. The number of nitrogens with one attached hydrogen (secondary N) is 2. The molecule has 0 bridgehead atoms. The van der Waals surface area contributed by atoms with Gasteiger partial charge in [0.25, 0.3) is 0 Å². The van der Waals surface area contributed by atoms with E-state index < -0.39 is 0 Å². The Bertz CT molecular complexity index is 1230. The molecule has 0 spiro atoms. The first-order valence-electron chi connectivity index (χ1n) is 14.4. The predicted molar refractivity (Wildman–Crippen MR) is 171 cm³/mol. The third-order valence-corrected chi connectivity index (χ3v) is 9.31. The van der Waals surface area contributed by atoms with Crippen molar-refractivity contribution in [1.29, 1.82) is 0 Å². The number of anilines is 2. The van der Waals surface area contributed by atoms with E-state index in [-0.39, 0.29) is 0 Å². The maximum absolute atomic E-state index is 4.60. The molecule has 6 nitrogen and oxygen atoms in total. The minimum atomic E-state index is 0.457. The van der Waals surface area contributed by atoms with E-state index >= 15 is 0 Å². The monoisotopic (exact) mass is 574 g/mol. The maximum Gasteiger partial charge on any atom is 0.0654 e. The highest BCUT2D eigenvalue weighted by molar-refractivity contribution is 7.08. The molecule has 0 saturated carbocycles. The molecule has 6 rings (SSSR count). The Hall–Kier alpha value is -2.78. The Morgan fingerprint density at radius 3 is 1.57 bits per heavy atom. The molecule has 4 aromatic rings. The van der Waals surface area contributed by atoms with E-state index in [0.29, 0.717) is 12.1 Å². The van der Waals surface area contributed by atoms with Crippen LogP contribution in [0.25, 0.3) is 0 Å². The Balaban J connectivity index is 0.000000161. The van der Waals surface area contributed by atoms with Gasteiger partial charge in [0.15, 0.2) is 0 Å². The van der Waals surface area contributed by atoms with E-state index in [4.69, 9.17) is 0 Å². The van der Waals surface area contributed by atoms with Crippen LogP contribution in [0.15, 0.2) is 58.2 Å². The second kappa shape index (κ2) is 13.7. The molecule has 212 valence electrons. The van der Waals surface area contributed by atoms with Gasteiger partial charge in [0, 0.05) is 38.3 Å². The van der Waals surface area contributed by atoms with Gasteiger partial charge in [-0.1, -0.05) is 0 Å². The Kier molecular flexibility index (Phi) is 9.86. The van der Waals surface area contributed by atoms with Crippen molar-refractivity contribution in [3.05, 3.63) is 91.8 Å². The lowest BCUT2D eigenvalue weighted by Crippen LogP contribution is -2.29. The number of fused-ring (bicyclic) bond motifs is 2. The summed E-state index contributed by atoms with van der Waals surface area (Å²) in [7, 11) is 4.04. The van der Waals surface area contributed by atoms with Crippen LogP contribution in [0.2, 0.25) is 0 Å². The lowest BCUT2D eigenvalue weighted by molar-refractivity contribution is 0.570. The summed E-state index contributed by atoms with van der Waals surface area (Å²) in [6.45, 7) is 8.47. The topological polar surface area (TPSA) is 56.3 Å². The minimum Gasteiger partial charge on any atom is -0.363 e. The zero-order valence-corrected chi connectivity index (χ0v) is 25.8. The van der Waals surface area contributed by atoms with Crippen LogP contribution in [-0.2, 0) is 12.8 Å². The summed E-state index contributed by atoms with van der Waals surface area (Å²) in [5.41, 5.74) is 10.5. The molecule has 4 aromatic heterocycles. The Labute approximate surface area is 247 Å². The first-order valence-corrected chi connectivity index (χ1v) is 16.2. The second-order valence-electron chi connectivity index (χ2n) is 10.8. The highest BCUT2D eigenvalue weighted by Crippen LogP contribution is 2.38. The number of rotatable bonds is 10. The van der Waals surface area contributed by atoms with Crippen molar-refractivity contribution in [2.24, 2.45) is 0 Å². The van der Waals surface area contributed by atoms with Gasteiger partial charge in [-0.05, 0) is 122 Å². The average Bonchev–Trinajstić information content (AvgIpc) is 3.78. The molecule has 0 saturated heterocycles. The molecule has 0 radical (unpaired) electrons. The number of hydrogen-bond donors (Lipinski definition) is 2. The van der Waals surface area contributed by atoms with E-state index in [9.17, 15) is 0 Å². The van der Waals surface area contributed by atoms with Crippen LogP contribution >= 0.6 is 22.7 Å². The molecule has 6 heterocycles. The van der Waals surface area contributed by atoms with Crippen LogP contribution in [0.5, 0.6) is 0 Å². The number of nitrogens with zero attached hydrogens (tertiary/aromatic N) is 4. The smallest absolute Gasteiger partial charge is 0.0654 e. The van der Waals surface area contributed by atoms with Crippen molar-refractivity contribution in [3.8, 4) is 0 Å². The van der Waals surface area contributed by atoms with Crippen LogP contribution in [-0.4, -0.2) is 50.2 Å². The molecule has 2 atom stereocenters. The molecule has 0 fully saturated rings. The highest BCUT2D eigenvalue weighted by Gasteiger charge is 2.29. The molecule has 2 aliphatic rings. The normalized spacial score (nSPS) is 15.4. The summed E-state index contributed by atoms with van der Waals surface area (Å²) >= 11 is 3.56. The first kappa shape index (κ1) is 28.7. The van der Waals surface area contributed by atoms with Gasteiger partial charge in [0.1, 0.15) is 0 Å². The van der Waals surface area contributed by atoms with Gasteiger partial charge in [-0.15, -0.1) is 0 Å². The maximum atomic E-state index is 4.60. The van der Waals surface area contributed by atoms with Gasteiger partial charge in [-0.25, -0.2) is 0 Å². The molecular weight excluding hydrogens is 533 g/mol. The van der Waals surface area contributed by atoms with E-state index in [1.54, 1.807) is 22.7 Å². The molecular formula is C32H42N6S2. The largest absolute Gasteiger partial charge is 0.363 e. The van der Waals surface area contributed by atoms with E-state index in [1.165, 1.54) is 45.0 Å². The van der Waals surface area contributed by atoms with Crippen LogP contribution in [0, 0.1) is 13.8 Å². The summed E-state index contributed by atoms with van der Waals surface area (Å²) in [6, 6.07) is 10.00. The SMILES string of the molecule is CNCC[C@@H](c1ccsc1)N1CCc2ncc(C)cc21.CNCC[C@H](c1ccsc1)N1CCc2ncc(C)cc21. The molecule has 0 aliphatic carbocycles. The molecule has 0 amide bonds. The summed E-state index contributed by atoms with van der Waals surface area (Å²) in [5.74, 6) is 0. The molecule has 2 N–H and O–H groups in total. The molecule has 0 unspecified atom stereocenters. The number of hydrogen-bond acceptors (Lipinski definition) is 8. The fraction of sp³-hybridized carbons (Fsp3) is 0.438. The zero-order valence-electron chi connectivity index (χ0n) is 24.2. The van der Waals surface area contributed by atoms with Crippen molar-refractivity contribution in [1.82, 2.24) is 20.6 Å². The van der Waals surface area contributed by atoms with E-state index in [2.05, 4.69) is 90.0 Å². The second-order valence-corrected chi connectivity index (χ2v) is 12.3. The molecule has 8 heteroatoms. The van der Waals surface area contributed by atoms with Gasteiger partial charge in [-0.2, -0.15) is 22.7 Å². The van der Waals surface area contributed by atoms with Crippen molar-refractivity contribution < 1.29 is 0 Å². The summed E-state index contributed by atoms with van der Waals surface area (Å²) in [4.78, 5) is 14.3. The third kappa shape index (κ3) is 6.57. The lowest BCUT2D eigenvalue weighted by Gasteiger charge is -2.30. The van der Waals surface area contributed by atoms with Gasteiger partial charge in [0.05, 0.1) is 34.8 Å². The molecule has 2 aliphatic heterocycles. The van der Waals surface area contributed by atoms with Crippen LogP contribution in [0.4, 0.5) is 11.4 Å². The van der Waals surface area contributed by atoms with E-state index in [0.717, 1.165) is 51.9 Å². The van der Waals surface area contributed by atoms with Crippen molar-refractivity contribution in [2.45, 2.75) is 51.6 Å². The summed E-state index contributed by atoms with van der Waals surface area (Å²) in [5, 5.41) is 15.5. The fourth-order valence-corrected chi connectivity index (χ4v) is 7.30. The lowest BCUT2D eigenvalue weighted by atomic mass is 10.1. The number of thiophene rings is 2. The quantitative estimate of drug-likeness (QED) is 0.231. The van der Waals surface area contributed by atoms with Gasteiger partial charge in [-0.3, -0.25) is 9.97 Å². The van der Waals surface area contributed by atoms with Gasteiger partial charge < -0.3 is 20.4 Å². The Morgan fingerprint density at radius 1 is 0.750 bits per heavy atom. The number of aryl methyl sites for hydroxylation is 2. The van der Waals surface area contributed by atoms with E-state index in [1.807, 2.05) is 26.5 Å². The number of aromatic nitrogens is 2. The van der Waals surface area contributed by atoms with Crippen molar-refractivity contribution in [2.75, 3.05) is 50.1 Å². The third-order valence-electron chi connectivity index (χ3n) is 7.91. The first-order chi connectivity index (χ1) is 19.6. The summed E-state index contributed by atoms with van der Waals surface area (Å²) in [6.07, 6.45) is 8.35. The molecule has 40 heavy (non-hydrogen) atoms. The minimum absolute atomic E-state index is 0.457. The summed E-state index contributed by atoms with van der Waals surface area (Å²) < 4.78 is 0. The number of pyridine rings is 2. The highest BCUT2D eigenvalue weighted by atomic mass is 32.1. The van der Waals surface area contributed by atoms with Crippen molar-refractivity contribution in [3.63, 3.8) is 0 Å². The van der Waals surface area contributed by atoms with Crippen molar-refractivity contribution >= 4 is 34.0 Å².